The number of methoxy groups -OCH3 is 2. The molecule has 0 radical (unpaired) electrons. The van der Waals surface area contributed by atoms with Gasteiger partial charge >= 0.3 is 5.97 Å². The van der Waals surface area contributed by atoms with Crippen LogP contribution >= 0.6 is 0 Å². The first-order chi connectivity index (χ1) is 15.1. The number of carbonyl (C=O) groups excluding carboxylic acids is 1. The molecule has 2 aromatic rings. The lowest BCUT2D eigenvalue weighted by Gasteiger charge is -2.28. The first kappa shape index (κ1) is 22.7. The van der Waals surface area contributed by atoms with Crippen molar-refractivity contribution in [2.45, 2.75) is 58.4 Å². The van der Waals surface area contributed by atoms with Gasteiger partial charge in [-0.2, -0.15) is 10.1 Å². The van der Waals surface area contributed by atoms with Gasteiger partial charge in [0, 0.05) is 5.70 Å². The van der Waals surface area contributed by atoms with Crippen molar-refractivity contribution in [3.05, 3.63) is 41.4 Å². The summed E-state index contributed by atoms with van der Waals surface area (Å²) in [6.45, 7) is 4.46. The minimum atomic E-state index is -0.476. The molecular formula is C23H32N4O4. The van der Waals surface area contributed by atoms with Crippen LogP contribution in [0.25, 0.3) is 0 Å². The number of anilines is 1. The number of allylic oxidation sites excluding steroid dienone is 1. The summed E-state index contributed by atoms with van der Waals surface area (Å²) in [7, 11) is 3.18. The highest BCUT2D eigenvalue weighted by Crippen LogP contribution is 2.38. The van der Waals surface area contributed by atoms with E-state index in [-0.39, 0.29) is 5.97 Å². The maximum atomic E-state index is 13.1. The maximum Gasteiger partial charge on any atom is 0.338 e. The van der Waals surface area contributed by atoms with Crippen LogP contribution in [0.4, 0.5) is 5.95 Å². The summed E-state index contributed by atoms with van der Waals surface area (Å²) in [4.78, 5) is 17.4. The van der Waals surface area contributed by atoms with Gasteiger partial charge in [-0.1, -0.05) is 45.1 Å². The number of aromatic nitrogens is 3. The summed E-state index contributed by atoms with van der Waals surface area (Å²) < 4.78 is 18.2. The van der Waals surface area contributed by atoms with Crippen LogP contribution in [0.2, 0.25) is 0 Å². The molecule has 31 heavy (non-hydrogen) atoms. The standard InChI is InChI=1S/C23H32N4O4/c1-5-6-7-8-9-10-13-31-22(28)20-16(2)26-23-24-15-25-27(23)21(20)17-11-12-18(29-3)19(14-17)30-4/h11-12,14-15,21H,5-10,13H2,1-4H3,(H,24,25,26)/t21-/m1/s1. The number of esters is 1. The number of rotatable bonds is 11. The van der Waals surface area contributed by atoms with Crippen LogP contribution in [0.5, 0.6) is 11.5 Å². The van der Waals surface area contributed by atoms with Gasteiger partial charge in [0.2, 0.25) is 5.95 Å². The Morgan fingerprint density at radius 3 is 2.58 bits per heavy atom. The summed E-state index contributed by atoms with van der Waals surface area (Å²) in [5, 5.41) is 7.51. The number of nitrogens with zero attached hydrogens (tertiary/aromatic N) is 3. The van der Waals surface area contributed by atoms with Gasteiger partial charge in [0.1, 0.15) is 12.4 Å². The largest absolute Gasteiger partial charge is 0.493 e. The van der Waals surface area contributed by atoms with Gasteiger partial charge in [0.15, 0.2) is 11.5 Å². The zero-order valence-corrected chi connectivity index (χ0v) is 18.8. The Balaban J connectivity index is 1.80. The summed E-state index contributed by atoms with van der Waals surface area (Å²) in [5.41, 5.74) is 2.04. The van der Waals surface area contributed by atoms with Crippen LogP contribution < -0.4 is 14.8 Å². The molecule has 8 nitrogen and oxygen atoms in total. The number of unbranched alkanes of at least 4 members (excludes halogenated alkanes) is 5. The number of hydrogen-bond donors (Lipinski definition) is 1. The molecule has 2 heterocycles. The fraction of sp³-hybridized carbons (Fsp3) is 0.522. The Morgan fingerprint density at radius 1 is 1.10 bits per heavy atom. The zero-order chi connectivity index (χ0) is 22.2. The highest BCUT2D eigenvalue weighted by molar-refractivity contribution is 5.92. The van der Waals surface area contributed by atoms with Crippen molar-refractivity contribution in [2.75, 3.05) is 26.1 Å². The smallest absolute Gasteiger partial charge is 0.338 e. The van der Waals surface area contributed by atoms with Crippen molar-refractivity contribution in [3.63, 3.8) is 0 Å². The van der Waals surface area contributed by atoms with Gasteiger partial charge in [-0.3, -0.25) is 0 Å². The molecule has 8 heteroatoms. The molecule has 168 valence electrons. The van der Waals surface area contributed by atoms with E-state index in [1.165, 1.54) is 32.0 Å². The van der Waals surface area contributed by atoms with Crippen molar-refractivity contribution in [2.24, 2.45) is 0 Å². The topological polar surface area (TPSA) is 87.5 Å². The van der Waals surface area contributed by atoms with E-state index >= 15 is 0 Å². The molecule has 3 rings (SSSR count). The SMILES string of the molecule is CCCCCCCCOC(=O)C1=C(C)Nc2ncnn2[C@@H]1c1ccc(OC)c(OC)c1. The van der Waals surface area contributed by atoms with Crippen molar-refractivity contribution in [3.8, 4) is 11.5 Å². The van der Waals surface area contributed by atoms with Gasteiger partial charge in [-0.15, -0.1) is 0 Å². The molecule has 1 atom stereocenters. The minimum absolute atomic E-state index is 0.348. The molecule has 0 unspecified atom stereocenters. The second kappa shape index (κ2) is 10.8. The fourth-order valence-corrected chi connectivity index (χ4v) is 3.81. The van der Waals surface area contributed by atoms with Gasteiger partial charge < -0.3 is 19.5 Å². The van der Waals surface area contributed by atoms with Crippen molar-refractivity contribution >= 4 is 11.9 Å². The van der Waals surface area contributed by atoms with E-state index in [1.807, 2.05) is 25.1 Å². The summed E-state index contributed by atoms with van der Waals surface area (Å²) >= 11 is 0. The van der Waals surface area contributed by atoms with E-state index in [9.17, 15) is 4.79 Å². The van der Waals surface area contributed by atoms with Gasteiger partial charge in [-0.25, -0.2) is 9.48 Å². The summed E-state index contributed by atoms with van der Waals surface area (Å²) in [5.74, 6) is 1.42. The molecule has 1 aromatic heterocycles. The van der Waals surface area contributed by atoms with Gasteiger partial charge in [0.05, 0.1) is 26.4 Å². The van der Waals surface area contributed by atoms with Crippen LogP contribution in [0.1, 0.15) is 64.0 Å². The van der Waals surface area contributed by atoms with Crippen LogP contribution in [-0.4, -0.2) is 41.6 Å². The number of ether oxygens (including phenoxy) is 3. The van der Waals surface area contributed by atoms with E-state index in [2.05, 4.69) is 22.3 Å². The van der Waals surface area contributed by atoms with Crippen LogP contribution in [0, 0.1) is 0 Å². The van der Waals surface area contributed by atoms with E-state index in [0.717, 1.165) is 18.4 Å². The van der Waals surface area contributed by atoms with Crippen LogP contribution in [0.3, 0.4) is 0 Å². The van der Waals surface area contributed by atoms with Crippen molar-refractivity contribution in [1.82, 2.24) is 14.8 Å². The monoisotopic (exact) mass is 428 g/mol. The molecular weight excluding hydrogens is 396 g/mol. The number of nitrogens with one attached hydrogen (secondary N) is 1. The lowest BCUT2D eigenvalue weighted by atomic mass is 9.95. The fourth-order valence-electron chi connectivity index (χ4n) is 3.81. The molecule has 1 aliphatic heterocycles. The van der Waals surface area contributed by atoms with E-state index in [4.69, 9.17) is 14.2 Å². The molecule has 0 saturated carbocycles. The molecule has 0 amide bonds. The zero-order valence-electron chi connectivity index (χ0n) is 18.8. The Kier molecular flexibility index (Phi) is 7.92. The van der Waals surface area contributed by atoms with Crippen molar-refractivity contribution < 1.29 is 19.0 Å². The molecule has 1 aliphatic rings. The van der Waals surface area contributed by atoms with Crippen molar-refractivity contribution in [1.29, 1.82) is 0 Å². The molecule has 0 saturated heterocycles. The molecule has 1 aromatic carbocycles. The predicted octanol–water partition coefficient (Wildman–Crippen LogP) is 4.49. The summed E-state index contributed by atoms with van der Waals surface area (Å²) in [6.07, 6.45) is 8.27. The quantitative estimate of drug-likeness (QED) is 0.417. The third-order valence-electron chi connectivity index (χ3n) is 5.47. The van der Waals surface area contributed by atoms with Gasteiger partial charge in [-0.05, 0) is 31.0 Å². The van der Waals surface area contributed by atoms with E-state index in [1.54, 1.807) is 18.9 Å². The normalized spacial score (nSPS) is 15.3. The lowest BCUT2D eigenvalue weighted by molar-refractivity contribution is -0.139. The third kappa shape index (κ3) is 5.18. The number of carbonyl (C=O) groups is 1. The Labute approximate surface area is 183 Å². The second-order valence-electron chi connectivity index (χ2n) is 7.61. The maximum absolute atomic E-state index is 13.1. The molecule has 0 spiro atoms. The molecule has 0 aliphatic carbocycles. The minimum Gasteiger partial charge on any atom is -0.493 e. The number of fused-ring (bicyclic) bond motifs is 1. The average molecular weight is 429 g/mol. The number of hydrogen-bond acceptors (Lipinski definition) is 7. The Morgan fingerprint density at radius 2 is 1.84 bits per heavy atom. The van der Waals surface area contributed by atoms with Gasteiger partial charge in [0.25, 0.3) is 0 Å². The highest BCUT2D eigenvalue weighted by Gasteiger charge is 2.34. The summed E-state index contributed by atoms with van der Waals surface area (Å²) in [6, 6.07) is 5.10. The second-order valence-corrected chi connectivity index (χ2v) is 7.61. The van der Waals surface area contributed by atoms with E-state index < -0.39 is 6.04 Å². The molecule has 0 bridgehead atoms. The third-order valence-corrected chi connectivity index (χ3v) is 5.47. The molecule has 1 N–H and O–H groups in total. The average Bonchev–Trinajstić information content (AvgIpc) is 3.24. The Hall–Kier alpha value is -3.03. The molecule has 0 fully saturated rings. The predicted molar refractivity (Wildman–Crippen MR) is 118 cm³/mol. The van der Waals surface area contributed by atoms with E-state index in [0.29, 0.717) is 35.3 Å². The van der Waals surface area contributed by atoms with Crippen LogP contribution in [0.15, 0.2) is 35.8 Å². The Bertz CT molecular complexity index is 922. The first-order valence-electron chi connectivity index (χ1n) is 10.9. The highest BCUT2D eigenvalue weighted by atomic mass is 16.5. The van der Waals surface area contributed by atoms with Crippen LogP contribution in [-0.2, 0) is 9.53 Å². The number of benzene rings is 1. The lowest BCUT2D eigenvalue weighted by Crippen LogP contribution is -2.29. The first-order valence-corrected chi connectivity index (χ1v) is 10.9.